The van der Waals surface area contributed by atoms with E-state index in [9.17, 15) is 9.59 Å². The molecule has 0 unspecified atom stereocenters. The van der Waals surface area contributed by atoms with Gasteiger partial charge in [0.15, 0.2) is 11.5 Å². The number of thioether (sulfide) groups is 1. The molecule has 4 aromatic rings. The monoisotopic (exact) mass is 495 g/mol. The van der Waals surface area contributed by atoms with Crippen LogP contribution >= 0.6 is 11.8 Å². The molecular weight excluding hydrogens is 474 g/mol. The maximum atomic E-state index is 13.1. The van der Waals surface area contributed by atoms with Crippen LogP contribution in [0.3, 0.4) is 0 Å². The summed E-state index contributed by atoms with van der Waals surface area (Å²) in [4.78, 5) is 30.0. The van der Waals surface area contributed by atoms with Crippen LogP contribution in [0.2, 0.25) is 0 Å². The molecule has 0 bridgehead atoms. The van der Waals surface area contributed by atoms with E-state index < -0.39 is 0 Å². The fourth-order valence-corrected chi connectivity index (χ4v) is 5.20. The molecule has 1 aliphatic carbocycles. The van der Waals surface area contributed by atoms with Crippen LogP contribution in [-0.2, 0) is 11.2 Å². The molecule has 7 nitrogen and oxygen atoms in total. The van der Waals surface area contributed by atoms with Gasteiger partial charge in [-0.3, -0.25) is 9.59 Å². The van der Waals surface area contributed by atoms with E-state index in [2.05, 4.69) is 33.8 Å². The number of pyridine rings is 1. The number of amides is 2. The summed E-state index contributed by atoms with van der Waals surface area (Å²) in [5, 5.41) is 6.32. The van der Waals surface area contributed by atoms with Crippen LogP contribution in [0.15, 0.2) is 84.0 Å². The molecule has 0 radical (unpaired) electrons. The summed E-state index contributed by atoms with van der Waals surface area (Å²) in [6.07, 6.45) is 2.46. The van der Waals surface area contributed by atoms with Crippen molar-refractivity contribution in [3.05, 3.63) is 95.7 Å². The van der Waals surface area contributed by atoms with Crippen LogP contribution in [0.4, 0.5) is 11.4 Å². The highest BCUT2D eigenvalue weighted by atomic mass is 32.2. The smallest absolute Gasteiger partial charge is 0.258 e. The number of nitrogens with one attached hydrogen (secondary N) is 2. The molecule has 2 aliphatic rings. The lowest BCUT2D eigenvalue weighted by molar-refractivity contribution is -0.113. The average molecular weight is 496 g/mol. The minimum atomic E-state index is -0.266. The topological polar surface area (TPSA) is 89.6 Å². The van der Waals surface area contributed by atoms with E-state index in [-0.39, 0.29) is 24.4 Å². The third-order valence-electron chi connectivity index (χ3n) is 6.06. The van der Waals surface area contributed by atoms with Crippen LogP contribution < -0.4 is 20.1 Å². The predicted molar refractivity (Wildman–Crippen MR) is 139 cm³/mol. The molecule has 1 aromatic heterocycles. The Morgan fingerprint density at radius 3 is 2.58 bits per heavy atom. The van der Waals surface area contributed by atoms with Gasteiger partial charge in [-0.1, -0.05) is 42.1 Å². The van der Waals surface area contributed by atoms with Gasteiger partial charge in [0.05, 0.1) is 11.3 Å². The molecule has 178 valence electrons. The molecule has 2 amide bonds. The molecule has 0 saturated heterocycles. The minimum Gasteiger partial charge on any atom is -0.454 e. The van der Waals surface area contributed by atoms with Gasteiger partial charge in [0.1, 0.15) is 5.03 Å². The molecule has 2 heterocycles. The number of hydrogen-bond donors (Lipinski definition) is 2. The first-order chi connectivity index (χ1) is 17.6. The first-order valence-electron chi connectivity index (χ1n) is 11.4. The summed E-state index contributed by atoms with van der Waals surface area (Å²) < 4.78 is 10.6. The molecule has 6 rings (SSSR count). The van der Waals surface area contributed by atoms with E-state index >= 15 is 0 Å². The van der Waals surface area contributed by atoms with Gasteiger partial charge < -0.3 is 20.1 Å². The lowest BCUT2D eigenvalue weighted by Gasteiger charge is -2.11. The largest absolute Gasteiger partial charge is 0.454 e. The first kappa shape index (κ1) is 22.2. The second-order valence-electron chi connectivity index (χ2n) is 8.42. The number of rotatable bonds is 6. The number of carbonyl (C=O) groups is 2. The maximum absolute atomic E-state index is 13.1. The Balaban J connectivity index is 1.11. The van der Waals surface area contributed by atoms with Crippen molar-refractivity contribution >= 4 is 35.0 Å². The van der Waals surface area contributed by atoms with Gasteiger partial charge in [0.25, 0.3) is 5.91 Å². The van der Waals surface area contributed by atoms with Crippen molar-refractivity contribution in [1.29, 1.82) is 0 Å². The molecule has 0 saturated carbocycles. The number of fused-ring (bicyclic) bond motifs is 4. The Morgan fingerprint density at radius 1 is 0.833 bits per heavy atom. The third kappa shape index (κ3) is 4.38. The SMILES string of the molecule is O=C(CSc1ncccc1C(=O)Nc1ccc2c(c1)Cc1ccccc1-2)Nc1ccc2c(c1)OCO2. The Bertz CT molecular complexity index is 1500. The number of anilines is 2. The zero-order valence-corrected chi connectivity index (χ0v) is 19.9. The number of hydrogen-bond acceptors (Lipinski definition) is 6. The highest BCUT2D eigenvalue weighted by Crippen LogP contribution is 2.38. The summed E-state index contributed by atoms with van der Waals surface area (Å²) in [5.74, 6) is 0.869. The predicted octanol–water partition coefficient (Wildman–Crippen LogP) is 5.36. The van der Waals surface area contributed by atoms with E-state index in [1.54, 1.807) is 36.5 Å². The van der Waals surface area contributed by atoms with E-state index in [0.29, 0.717) is 27.8 Å². The quantitative estimate of drug-likeness (QED) is 0.308. The third-order valence-corrected chi connectivity index (χ3v) is 7.07. The molecule has 0 spiro atoms. The van der Waals surface area contributed by atoms with E-state index in [4.69, 9.17) is 9.47 Å². The summed E-state index contributed by atoms with van der Waals surface area (Å²) in [6.45, 7) is 0.173. The van der Waals surface area contributed by atoms with Gasteiger partial charge >= 0.3 is 0 Å². The van der Waals surface area contributed by atoms with E-state index in [1.165, 1.54) is 34.0 Å². The fraction of sp³-hybridized carbons (Fsp3) is 0.107. The molecule has 0 fully saturated rings. The first-order valence-corrected chi connectivity index (χ1v) is 12.4. The zero-order chi connectivity index (χ0) is 24.5. The van der Waals surface area contributed by atoms with E-state index in [0.717, 1.165) is 12.1 Å². The molecule has 0 atom stereocenters. The van der Waals surface area contributed by atoms with Crippen molar-refractivity contribution < 1.29 is 19.1 Å². The Labute approximate surface area is 211 Å². The average Bonchev–Trinajstić information content (AvgIpc) is 3.51. The van der Waals surface area contributed by atoms with Gasteiger partial charge in [-0.2, -0.15) is 0 Å². The van der Waals surface area contributed by atoms with Crippen molar-refractivity contribution in [3.63, 3.8) is 0 Å². The van der Waals surface area contributed by atoms with Crippen molar-refractivity contribution in [2.45, 2.75) is 11.4 Å². The van der Waals surface area contributed by atoms with Gasteiger partial charge in [0.2, 0.25) is 12.7 Å². The standard InChI is InChI=1S/C28H21N3O4S/c32-26(30-20-8-10-24-25(14-20)35-16-34-24)15-36-28-23(6-3-11-29-28)27(33)31-19-7-9-22-18(13-19)12-17-4-1-2-5-21(17)22/h1-11,13-14H,12,15-16H2,(H,30,32)(H,31,33). The second-order valence-corrected chi connectivity index (χ2v) is 9.39. The fourth-order valence-electron chi connectivity index (χ4n) is 4.41. The van der Waals surface area contributed by atoms with Crippen LogP contribution in [-0.4, -0.2) is 29.3 Å². The second kappa shape index (κ2) is 9.39. The highest BCUT2D eigenvalue weighted by molar-refractivity contribution is 8.00. The highest BCUT2D eigenvalue weighted by Gasteiger charge is 2.20. The lowest BCUT2D eigenvalue weighted by Crippen LogP contribution is -2.16. The van der Waals surface area contributed by atoms with Crippen molar-refractivity contribution in [2.24, 2.45) is 0 Å². The Hall–Kier alpha value is -4.30. The van der Waals surface area contributed by atoms with Crippen molar-refractivity contribution in [1.82, 2.24) is 4.98 Å². The van der Waals surface area contributed by atoms with Gasteiger partial charge in [-0.05, 0) is 65.1 Å². The van der Waals surface area contributed by atoms with Crippen molar-refractivity contribution in [2.75, 3.05) is 23.2 Å². The zero-order valence-electron chi connectivity index (χ0n) is 19.1. The van der Waals surface area contributed by atoms with Gasteiger partial charge in [-0.15, -0.1) is 0 Å². The molecule has 1 aliphatic heterocycles. The van der Waals surface area contributed by atoms with Gasteiger partial charge in [0, 0.05) is 23.6 Å². The number of carbonyl (C=O) groups excluding carboxylic acids is 2. The molecule has 2 N–H and O–H groups in total. The Kier molecular flexibility index (Phi) is 5.79. The summed E-state index contributed by atoms with van der Waals surface area (Å²) in [5.41, 5.74) is 6.69. The maximum Gasteiger partial charge on any atom is 0.258 e. The lowest BCUT2D eigenvalue weighted by atomic mass is 10.1. The number of aromatic nitrogens is 1. The van der Waals surface area contributed by atoms with E-state index in [1.807, 2.05) is 24.3 Å². The normalized spacial score (nSPS) is 12.6. The number of ether oxygens (including phenoxy) is 2. The summed E-state index contributed by atoms with van der Waals surface area (Å²) >= 11 is 1.21. The van der Waals surface area contributed by atoms with Gasteiger partial charge in [-0.25, -0.2) is 4.98 Å². The Morgan fingerprint density at radius 2 is 1.64 bits per heavy atom. The van der Waals surface area contributed by atoms with Crippen LogP contribution in [0.5, 0.6) is 11.5 Å². The molecule has 8 heteroatoms. The number of benzene rings is 3. The van der Waals surface area contributed by atoms with Crippen LogP contribution in [0, 0.1) is 0 Å². The van der Waals surface area contributed by atoms with Crippen LogP contribution in [0.1, 0.15) is 21.5 Å². The summed E-state index contributed by atoms with van der Waals surface area (Å²) in [7, 11) is 0. The van der Waals surface area contributed by atoms with Crippen molar-refractivity contribution in [3.8, 4) is 22.6 Å². The van der Waals surface area contributed by atoms with Crippen LogP contribution in [0.25, 0.3) is 11.1 Å². The minimum absolute atomic E-state index is 0.100. The molecule has 36 heavy (non-hydrogen) atoms. The molecular formula is C28H21N3O4S. The summed E-state index contributed by atoms with van der Waals surface area (Å²) in [6, 6.07) is 23.0. The number of nitrogens with zero attached hydrogens (tertiary/aromatic N) is 1. The molecule has 3 aromatic carbocycles.